The molecule has 6 nitrogen and oxygen atoms in total. The van der Waals surface area contributed by atoms with E-state index in [2.05, 4.69) is 14.7 Å². The van der Waals surface area contributed by atoms with Crippen LogP contribution in [0.3, 0.4) is 0 Å². The highest BCUT2D eigenvalue weighted by molar-refractivity contribution is 7.09. The molecule has 1 amide bonds. The van der Waals surface area contributed by atoms with E-state index in [1.54, 1.807) is 6.92 Å². The number of nitrogens with zero attached hydrogens (tertiary/aromatic N) is 2. The number of amides is 1. The Hall–Kier alpha value is -1.50. The maximum absolute atomic E-state index is 11.5. The fourth-order valence-electron chi connectivity index (χ4n) is 0.988. The Morgan fingerprint density at radius 2 is 2.12 bits per heavy atom. The van der Waals surface area contributed by atoms with Gasteiger partial charge in [0, 0.05) is 18.0 Å². The summed E-state index contributed by atoms with van der Waals surface area (Å²) < 4.78 is 3.90. The molecule has 0 radical (unpaired) electrons. The van der Waals surface area contributed by atoms with E-state index < -0.39 is 11.4 Å². The van der Waals surface area contributed by atoms with Crippen molar-refractivity contribution in [2.45, 2.75) is 27.2 Å². The summed E-state index contributed by atoms with van der Waals surface area (Å²) >= 11 is 1.07. The molecule has 0 aromatic carbocycles. The summed E-state index contributed by atoms with van der Waals surface area (Å²) in [4.78, 5) is 26.3. The van der Waals surface area contributed by atoms with Crippen LogP contribution in [0.15, 0.2) is 0 Å². The number of aryl methyl sites for hydroxylation is 1. The van der Waals surface area contributed by atoms with E-state index in [0.29, 0.717) is 11.0 Å². The Morgan fingerprint density at radius 3 is 2.56 bits per heavy atom. The van der Waals surface area contributed by atoms with Crippen LogP contribution in [-0.2, 0) is 9.59 Å². The smallest absolute Gasteiger partial charge is 0.309 e. The molecule has 1 heterocycles. The minimum absolute atomic E-state index is 0.0963. The predicted octanol–water partition coefficient (Wildman–Crippen LogP) is 1.29. The first-order valence-corrected chi connectivity index (χ1v) is 5.42. The van der Waals surface area contributed by atoms with Crippen LogP contribution in [-0.4, -0.2) is 26.3 Å². The second-order valence-corrected chi connectivity index (χ2v) is 4.81. The van der Waals surface area contributed by atoms with Crippen molar-refractivity contribution in [1.82, 2.24) is 9.36 Å². The van der Waals surface area contributed by atoms with Crippen molar-refractivity contribution in [2.75, 3.05) is 5.32 Å². The van der Waals surface area contributed by atoms with Crippen molar-refractivity contribution in [1.29, 1.82) is 0 Å². The molecule has 7 heteroatoms. The third-order valence-electron chi connectivity index (χ3n) is 1.96. The Bertz CT molecular complexity index is 414. The molecule has 16 heavy (non-hydrogen) atoms. The lowest BCUT2D eigenvalue weighted by Crippen LogP contribution is -2.29. The Kier molecular flexibility index (Phi) is 3.58. The van der Waals surface area contributed by atoms with Gasteiger partial charge in [0.15, 0.2) is 0 Å². The van der Waals surface area contributed by atoms with Crippen molar-refractivity contribution >= 4 is 28.5 Å². The molecular formula is C9H13N3O3S. The van der Waals surface area contributed by atoms with Crippen molar-refractivity contribution < 1.29 is 14.7 Å². The van der Waals surface area contributed by atoms with Crippen molar-refractivity contribution in [3.8, 4) is 0 Å². The minimum Gasteiger partial charge on any atom is -0.481 e. The quantitative estimate of drug-likeness (QED) is 0.831. The summed E-state index contributed by atoms with van der Waals surface area (Å²) in [5.74, 6) is -0.794. The van der Waals surface area contributed by atoms with E-state index >= 15 is 0 Å². The minimum atomic E-state index is -1.08. The molecule has 1 aromatic heterocycles. The van der Waals surface area contributed by atoms with Crippen molar-refractivity contribution in [3.63, 3.8) is 0 Å². The summed E-state index contributed by atoms with van der Waals surface area (Å²) in [6.45, 7) is 4.72. The number of hydrogen-bond donors (Lipinski definition) is 2. The normalized spacial score (nSPS) is 11.2. The highest BCUT2D eigenvalue weighted by Gasteiger charge is 2.30. The summed E-state index contributed by atoms with van der Waals surface area (Å²) in [5.41, 5.74) is -1.08. The Morgan fingerprint density at radius 1 is 1.50 bits per heavy atom. The van der Waals surface area contributed by atoms with E-state index in [9.17, 15) is 9.59 Å². The first-order valence-electron chi connectivity index (χ1n) is 4.65. The molecule has 0 aliphatic carbocycles. The van der Waals surface area contributed by atoms with Gasteiger partial charge in [-0.3, -0.25) is 9.59 Å². The van der Waals surface area contributed by atoms with Gasteiger partial charge in [-0.25, -0.2) is 4.98 Å². The molecule has 0 aliphatic heterocycles. The molecule has 0 saturated heterocycles. The lowest BCUT2D eigenvalue weighted by atomic mass is 9.89. The first-order chi connectivity index (χ1) is 7.31. The highest BCUT2D eigenvalue weighted by Crippen LogP contribution is 2.21. The molecule has 0 bridgehead atoms. The molecule has 1 rings (SSSR count). The second kappa shape index (κ2) is 4.56. The SMILES string of the molecule is Cc1nsc(NC(=O)CC(C)(C)C(=O)O)n1. The zero-order valence-corrected chi connectivity index (χ0v) is 10.1. The van der Waals surface area contributed by atoms with E-state index in [4.69, 9.17) is 5.11 Å². The molecule has 0 aliphatic rings. The van der Waals surface area contributed by atoms with Crippen LogP contribution in [0.4, 0.5) is 5.13 Å². The number of carboxylic acids is 1. The van der Waals surface area contributed by atoms with Crippen LogP contribution in [0.25, 0.3) is 0 Å². The molecule has 2 N–H and O–H groups in total. The zero-order chi connectivity index (χ0) is 12.3. The number of aromatic nitrogens is 2. The average molecular weight is 243 g/mol. The lowest BCUT2D eigenvalue weighted by Gasteiger charge is -2.17. The number of anilines is 1. The molecule has 88 valence electrons. The fraction of sp³-hybridized carbons (Fsp3) is 0.556. The van der Waals surface area contributed by atoms with Gasteiger partial charge in [0.05, 0.1) is 5.41 Å². The van der Waals surface area contributed by atoms with Gasteiger partial charge in [-0.05, 0) is 20.8 Å². The third kappa shape index (κ3) is 3.27. The second-order valence-electron chi connectivity index (χ2n) is 4.06. The van der Waals surface area contributed by atoms with Gasteiger partial charge in [0.2, 0.25) is 11.0 Å². The number of carboxylic acid groups (broad SMARTS) is 1. The summed E-state index contributed by atoms with van der Waals surface area (Å²) in [6.07, 6.45) is -0.0963. The summed E-state index contributed by atoms with van der Waals surface area (Å²) in [5, 5.41) is 11.8. The number of aliphatic carboxylic acids is 1. The van der Waals surface area contributed by atoms with Crippen molar-refractivity contribution in [3.05, 3.63) is 5.82 Å². The van der Waals surface area contributed by atoms with Gasteiger partial charge in [-0.1, -0.05) is 0 Å². The molecule has 0 atom stereocenters. The van der Waals surface area contributed by atoms with Gasteiger partial charge in [0.1, 0.15) is 5.82 Å². The lowest BCUT2D eigenvalue weighted by molar-refractivity contribution is -0.148. The zero-order valence-electron chi connectivity index (χ0n) is 9.27. The molecule has 1 aromatic rings. The van der Waals surface area contributed by atoms with E-state index in [1.807, 2.05) is 0 Å². The van der Waals surface area contributed by atoms with Gasteiger partial charge in [0.25, 0.3) is 0 Å². The number of carbonyl (C=O) groups excluding carboxylic acids is 1. The maximum atomic E-state index is 11.5. The van der Waals surface area contributed by atoms with Crippen LogP contribution < -0.4 is 5.32 Å². The molecular weight excluding hydrogens is 230 g/mol. The molecule has 0 spiro atoms. The summed E-state index contributed by atoms with van der Waals surface area (Å²) in [6, 6.07) is 0. The summed E-state index contributed by atoms with van der Waals surface area (Å²) in [7, 11) is 0. The van der Waals surface area contributed by atoms with E-state index in [0.717, 1.165) is 11.5 Å². The number of carbonyl (C=O) groups is 2. The number of nitrogens with one attached hydrogen (secondary N) is 1. The van der Waals surface area contributed by atoms with Gasteiger partial charge >= 0.3 is 5.97 Å². The predicted molar refractivity (Wildman–Crippen MR) is 59.3 cm³/mol. The van der Waals surface area contributed by atoms with Gasteiger partial charge in [-0.15, -0.1) is 0 Å². The topological polar surface area (TPSA) is 92.2 Å². The van der Waals surface area contributed by atoms with Gasteiger partial charge < -0.3 is 10.4 Å². The maximum Gasteiger partial charge on any atom is 0.309 e. The monoisotopic (exact) mass is 243 g/mol. The van der Waals surface area contributed by atoms with Crippen LogP contribution >= 0.6 is 11.5 Å². The van der Waals surface area contributed by atoms with Crippen LogP contribution in [0, 0.1) is 12.3 Å². The van der Waals surface area contributed by atoms with Crippen LogP contribution in [0.2, 0.25) is 0 Å². The molecule has 0 saturated carbocycles. The Labute approximate surface area is 96.9 Å². The highest BCUT2D eigenvalue weighted by atomic mass is 32.1. The largest absolute Gasteiger partial charge is 0.481 e. The first kappa shape index (κ1) is 12.6. The number of rotatable bonds is 4. The Balaban J connectivity index is 2.58. The molecule has 0 fully saturated rings. The van der Waals surface area contributed by atoms with E-state index in [1.165, 1.54) is 13.8 Å². The standard InChI is InChI=1S/C9H13N3O3S/c1-5-10-8(16-12-5)11-6(13)4-9(2,3)7(14)15/h4H2,1-3H3,(H,14,15)(H,10,11,12,13). The van der Waals surface area contributed by atoms with E-state index in [-0.39, 0.29) is 12.3 Å². The van der Waals surface area contributed by atoms with Crippen LogP contribution in [0.5, 0.6) is 0 Å². The van der Waals surface area contributed by atoms with Crippen molar-refractivity contribution in [2.24, 2.45) is 5.41 Å². The van der Waals surface area contributed by atoms with Gasteiger partial charge in [-0.2, -0.15) is 4.37 Å². The average Bonchev–Trinajstić information content (AvgIpc) is 2.49. The molecule has 0 unspecified atom stereocenters. The van der Waals surface area contributed by atoms with Crippen LogP contribution in [0.1, 0.15) is 26.1 Å². The fourth-order valence-corrected chi connectivity index (χ4v) is 1.58. The number of hydrogen-bond acceptors (Lipinski definition) is 5. The third-order valence-corrected chi connectivity index (χ3v) is 2.68.